The van der Waals surface area contributed by atoms with Crippen LogP contribution in [0.25, 0.3) is 0 Å². The number of hydrogen-bond acceptors (Lipinski definition) is 3. The smallest absolute Gasteiger partial charge is 0.271 e. The summed E-state index contributed by atoms with van der Waals surface area (Å²) in [6.45, 7) is 4.67. The second-order valence-electron chi connectivity index (χ2n) is 3.33. The van der Waals surface area contributed by atoms with Crippen molar-refractivity contribution in [3.05, 3.63) is 23.2 Å². The third-order valence-corrected chi connectivity index (χ3v) is 1.72. The number of hydrogen-bond donors (Lipinski definition) is 1. The summed E-state index contributed by atoms with van der Waals surface area (Å²) in [6.07, 6.45) is 2.71. The highest BCUT2D eigenvalue weighted by Crippen LogP contribution is 2.01. The molecule has 1 aromatic heterocycles. The molecule has 0 atom stereocenters. The van der Waals surface area contributed by atoms with Gasteiger partial charge in [0, 0.05) is 6.54 Å². The number of carbonyl (C=O) groups is 1. The lowest BCUT2D eigenvalue weighted by Crippen LogP contribution is -2.28. The van der Waals surface area contributed by atoms with Crippen LogP contribution in [0.3, 0.4) is 0 Å². The van der Waals surface area contributed by atoms with E-state index in [1.54, 1.807) is 0 Å². The predicted molar refractivity (Wildman–Crippen MR) is 54.2 cm³/mol. The Morgan fingerprint density at radius 2 is 2.21 bits per heavy atom. The summed E-state index contributed by atoms with van der Waals surface area (Å²) in [7, 11) is 0. The van der Waals surface area contributed by atoms with Gasteiger partial charge in [-0.1, -0.05) is 25.4 Å². The molecule has 0 aliphatic rings. The topological polar surface area (TPSA) is 54.9 Å². The SMILES string of the molecule is CC(C)CNC(=O)c1cnc(Cl)cn1. The maximum Gasteiger partial charge on any atom is 0.271 e. The maximum absolute atomic E-state index is 11.4. The fourth-order valence-electron chi connectivity index (χ4n) is 0.817. The molecular weight excluding hydrogens is 202 g/mol. The molecular formula is C9H12ClN3O. The first-order valence-electron chi connectivity index (χ1n) is 4.35. The highest BCUT2D eigenvalue weighted by Gasteiger charge is 2.07. The summed E-state index contributed by atoms with van der Waals surface area (Å²) in [6, 6.07) is 0. The van der Waals surface area contributed by atoms with E-state index in [2.05, 4.69) is 15.3 Å². The van der Waals surface area contributed by atoms with Gasteiger partial charge in [0.1, 0.15) is 10.8 Å². The fourth-order valence-corrected chi connectivity index (χ4v) is 0.915. The fraction of sp³-hybridized carbons (Fsp3) is 0.444. The van der Waals surface area contributed by atoms with Gasteiger partial charge in [-0.25, -0.2) is 9.97 Å². The van der Waals surface area contributed by atoms with Gasteiger partial charge in [0.15, 0.2) is 0 Å². The van der Waals surface area contributed by atoms with E-state index in [-0.39, 0.29) is 16.8 Å². The molecule has 0 unspecified atom stereocenters. The van der Waals surface area contributed by atoms with Crippen LogP contribution < -0.4 is 5.32 Å². The van der Waals surface area contributed by atoms with Crippen LogP contribution in [-0.4, -0.2) is 22.4 Å². The maximum atomic E-state index is 11.4. The Kier molecular flexibility index (Phi) is 3.83. The number of carbonyl (C=O) groups excluding carboxylic acids is 1. The summed E-state index contributed by atoms with van der Waals surface area (Å²) < 4.78 is 0. The number of amides is 1. The minimum Gasteiger partial charge on any atom is -0.350 e. The van der Waals surface area contributed by atoms with E-state index in [0.717, 1.165) is 0 Å². The zero-order valence-corrected chi connectivity index (χ0v) is 8.88. The Hall–Kier alpha value is -1.16. The van der Waals surface area contributed by atoms with Crippen molar-refractivity contribution >= 4 is 17.5 Å². The second kappa shape index (κ2) is 4.91. The third-order valence-electron chi connectivity index (χ3n) is 1.52. The van der Waals surface area contributed by atoms with E-state index in [1.165, 1.54) is 12.4 Å². The molecule has 14 heavy (non-hydrogen) atoms. The minimum absolute atomic E-state index is 0.220. The molecule has 1 N–H and O–H groups in total. The molecule has 0 aliphatic heterocycles. The van der Waals surface area contributed by atoms with E-state index < -0.39 is 0 Å². The van der Waals surface area contributed by atoms with Crippen molar-refractivity contribution in [2.45, 2.75) is 13.8 Å². The average Bonchev–Trinajstić information content (AvgIpc) is 2.15. The van der Waals surface area contributed by atoms with E-state index in [1.807, 2.05) is 13.8 Å². The Morgan fingerprint density at radius 1 is 1.50 bits per heavy atom. The molecule has 0 spiro atoms. The van der Waals surface area contributed by atoms with Gasteiger partial charge in [-0.05, 0) is 5.92 Å². The molecule has 0 bridgehead atoms. The van der Waals surface area contributed by atoms with Crippen LogP contribution in [-0.2, 0) is 0 Å². The molecule has 1 rings (SSSR count). The molecule has 4 nitrogen and oxygen atoms in total. The van der Waals surface area contributed by atoms with Crippen molar-refractivity contribution in [1.82, 2.24) is 15.3 Å². The van der Waals surface area contributed by atoms with Gasteiger partial charge in [-0.3, -0.25) is 4.79 Å². The van der Waals surface area contributed by atoms with Crippen LogP contribution in [0.4, 0.5) is 0 Å². The molecule has 0 saturated heterocycles. The Morgan fingerprint density at radius 3 is 2.71 bits per heavy atom. The van der Waals surface area contributed by atoms with Gasteiger partial charge < -0.3 is 5.32 Å². The van der Waals surface area contributed by atoms with Crippen molar-refractivity contribution in [3.8, 4) is 0 Å². The number of halogens is 1. The zero-order chi connectivity index (χ0) is 10.6. The Bertz CT molecular complexity index is 310. The van der Waals surface area contributed by atoms with E-state index in [9.17, 15) is 4.79 Å². The molecule has 0 aromatic carbocycles. The third kappa shape index (κ3) is 3.30. The average molecular weight is 214 g/mol. The van der Waals surface area contributed by atoms with E-state index in [4.69, 9.17) is 11.6 Å². The number of nitrogens with one attached hydrogen (secondary N) is 1. The standard InChI is InChI=1S/C9H12ClN3O/c1-6(2)3-13-9(14)7-4-12-8(10)5-11-7/h4-6H,3H2,1-2H3,(H,13,14). The van der Waals surface area contributed by atoms with Gasteiger partial charge >= 0.3 is 0 Å². The molecule has 5 heteroatoms. The molecule has 0 fully saturated rings. The van der Waals surface area contributed by atoms with Crippen molar-refractivity contribution < 1.29 is 4.79 Å². The molecule has 0 radical (unpaired) electrons. The molecule has 76 valence electrons. The number of aromatic nitrogens is 2. The zero-order valence-electron chi connectivity index (χ0n) is 8.12. The van der Waals surface area contributed by atoms with Gasteiger partial charge in [0.2, 0.25) is 0 Å². The first-order chi connectivity index (χ1) is 6.59. The first kappa shape index (κ1) is 10.9. The number of rotatable bonds is 3. The summed E-state index contributed by atoms with van der Waals surface area (Å²) in [5, 5.41) is 3.02. The Labute approximate surface area is 87.7 Å². The molecule has 1 heterocycles. The van der Waals surface area contributed by atoms with Gasteiger partial charge in [0.25, 0.3) is 5.91 Å². The van der Waals surface area contributed by atoms with E-state index in [0.29, 0.717) is 12.5 Å². The van der Waals surface area contributed by atoms with Crippen LogP contribution in [0, 0.1) is 5.92 Å². The van der Waals surface area contributed by atoms with Crippen LogP contribution in [0.15, 0.2) is 12.4 Å². The Balaban J connectivity index is 2.57. The largest absolute Gasteiger partial charge is 0.350 e. The summed E-state index contributed by atoms with van der Waals surface area (Å²) in [5.74, 6) is 0.196. The van der Waals surface area contributed by atoms with Crippen LogP contribution in [0.1, 0.15) is 24.3 Å². The molecule has 0 aliphatic carbocycles. The molecule has 1 aromatic rings. The minimum atomic E-state index is -0.220. The predicted octanol–water partition coefficient (Wildman–Crippen LogP) is 1.52. The second-order valence-corrected chi connectivity index (χ2v) is 3.72. The van der Waals surface area contributed by atoms with Crippen LogP contribution in [0.5, 0.6) is 0 Å². The van der Waals surface area contributed by atoms with E-state index >= 15 is 0 Å². The number of nitrogens with zero attached hydrogens (tertiary/aromatic N) is 2. The quantitative estimate of drug-likeness (QED) is 0.828. The lowest BCUT2D eigenvalue weighted by molar-refractivity contribution is 0.0943. The van der Waals surface area contributed by atoms with Crippen molar-refractivity contribution in [3.63, 3.8) is 0 Å². The molecule has 0 saturated carbocycles. The van der Waals surface area contributed by atoms with Crippen molar-refractivity contribution in [2.75, 3.05) is 6.54 Å². The van der Waals surface area contributed by atoms with Gasteiger partial charge in [-0.2, -0.15) is 0 Å². The normalized spacial score (nSPS) is 10.3. The van der Waals surface area contributed by atoms with Crippen LogP contribution >= 0.6 is 11.6 Å². The van der Waals surface area contributed by atoms with Gasteiger partial charge in [0.05, 0.1) is 12.4 Å². The van der Waals surface area contributed by atoms with Gasteiger partial charge in [-0.15, -0.1) is 0 Å². The highest BCUT2D eigenvalue weighted by molar-refractivity contribution is 6.29. The molecule has 1 amide bonds. The summed E-state index contributed by atoms with van der Waals surface area (Å²) >= 11 is 5.54. The lowest BCUT2D eigenvalue weighted by atomic mass is 10.2. The van der Waals surface area contributed by atoms with Crippen molar-refractivity contribution in [1.29, 1.82) is 0 Å². The monoisotopic (exact) mass is 213 g/mol. The van der Waals surface area contributed by atoms with Crippen molar-refractivity contribution in [2.24, 2.45) is 5.92 Å². The first-order valence-corrected chi connectivity index (χ1v) is 4.73. The summed E-state index contributed by atoms with van der Waals surface area (Å²) in [5.41, 5.74) is 0.287. The summed E-state index contributed by atoms with van der Waals surface area (Å²) in [4.78, 5) is 19.0. The highest BCUT2D eigenvalue weighted by atomic mass is 35.5. The van der Waals surface area contributed by atoms with Crippen LogP contribution in [0.2, 0.25) is 5.15 Å². The lowest BCUT2D eigenvalue weighted by Gasteiger charge is -2.06.